The standard InChI is InChI=1S/C18H18N4O4/c23-8-12(25)18(26)11(24)7-13-21-16-9-3-1-5-19-14(9)15-10(17(16)22-13)4-2-6-20-15/h1-6,11-12,18,23-26H,7-8H2,(H,21,22)/t11-,12-,18+/m1/s1. The summed E-state index contributed by atoms with van der Waals surface area (Å²) in [5.74, 6) is 0.457. The smallest absolute Gasteiger partial charge is 0.109 e. The fraction of sp³-hybridized carbons (Fsp3) is 0.278. The van der Waals surface area contributed by atoms with Gasteiger partial charge >= 0.3 is 0 Å². The molecule has 0 saturated heterocycles. The van der Waals surface area contributed by atoms with Gasteiger partial charge < -0.3 is 25.4 Å². The third-order valence-corrected chi connectivity index (χ3v) is 4.50. The van der Waals surface area contributed by atoms with Gasteiger partial charge in [0.25, 0.3) is 0 Å². The molecule has 0 bridgehead atoms. The molecule has 8 nitrogen and oxygen atoms in total. The van der Waals surface area contributed by atoms with Crippen molar-refractivity contribution in [2.75, 3.05) is 6.61 Å². The lowest BCUT2D eigenvalue weighted by Crippen LogP contribution is -2.40. The first-order valence-electron chi connectivity index (χ1n) is 8.25. The van der Waals surface area contributed by atoms with E-state index in [4.69, 9.17) is 5.11 Å². The van der Waals surface area contributed by atoms with Crippen LogP contribution in [0.3, 0.4) is 0 Å². The molecule has 1 aromatic carbocycles. The first-order chi connectivity index (χ1) is 12.6. The molecule has 0 radical (unpaired) electrons. The van der Waals surface area contributed by atoms with E-state index in [-0.39, 0.29) is 6.42 Å². The number of benzene rings is 1. The van der Waals surface area contributed by atoms with E-state index in [1.807, 2.05) is 24.3 Å². The number of aliphatic hydroxyl groups excluding tert-OH is 4. The van der Waals surface area contributed by atoms with Gasteiger partial charge in [-0.25, -0.2) is 4.98 Å². The van der Waals surface area contributed by atoms with Gasteiger partial charge in [-0.3, -0.25) is 9.97 Å². The van der Waals surface area contributed by atoms with Crippen LogP contribution in [0.15, 0.2) is 36.7 Å². The molecule has 26 heavy (non-hydrogen) atoms. The zero-order valence-corrected chi connectivity index (χ0v) is 13.7. The third-order valence-electron chi connectivity index (χ3n) is 4.50. The van der Waals surface area contributed by atoms with Crippen molar-refractivity contribution in [3.63, 3.8) is 0 Å². The summed E-state index contributed by atoms with van der Waals surface area (Å²) in [6.45, 7) is -0.634. The number of aliphatic hydroxyl groups is 4. The van der Waals surface area contributed by atoms with Crippen molar-refractivity contribution in [1.82, 2.24) is 19.9 Å². The van der Waals surface area contributed by atoms with Gasteiger partial charge in [0.05, 0.1) is 34.8 Å². The number of hydrogen-bond donors (Lipinski definition) is 5. The number of H-pyrrole nitrogens is 1. The molecule has 0 amide bonds. The van der Waals surface area contributed by atoms with Crippen LogP contribution in [-0.2, 0) is 6.42 Å². The van der Waals surface area contributed by atoms with E-state index in [0.29, 0.717) is 11.3 Å². The van der Waals surface area contributed by atoms with Crippen LogP contribution in [0.2, 0.25) is 0 Å². The van der Waals surface area contributed by atoms with E-state index in [9.17, 15) is 15.3 Å². The van der Waals surface area contributed by atoms with Crippen LogP contribution in [-0.4, -0.2) is 65.3 Å². The lowest BCUT2D eigenvalue weighted by molar-refractivity contribution is -0.0760. The fourth-order valence-electron chi connectivity index (χ4n) is 3.17. The van der Waals surface area contributed by atoms with Crippen LogP contribution in [0.25, 0.3) is 32.8 Å². The number of imidazole rings is 1. The highest BCUT2D eigenvalue weighted by atomic mass is 16.4. The lowest BCUT2D eigenvalue weighted by atomic mass is 10.1. The summed E-state index contributed by atoms with van der Waals surface area (Å²) in [4.78, 5) is 16.6. The van der Waals surface area contributed by atoms with Gasteiger partial charge in [0.15, 0.2) is 0 Å². The van der Waals surface area contributed by atoms with Gasteiger partial charge in [0.2, 0.25) is 0 Å². The zero-order valence-electron chi connectivity index (χ0n) is 13.7. The Morgan fingerprint density at radius 3 is 2.23 bits per heavy atom. The highest BCUT2D eigenvalue weighted by Crippen LogP contribution is 2.31. The summed E-state index contributed by atoms with van der Waals surface area (Å²) in [7, 11) is 0. The van der Waals surface area contributed by atoms with E-state index < -0.39 is 24.9 Å². The molecular formula is C18H18N4O4. The molecule has 3 heterocycles. The second kappa shape index (κ2) is 6.58. The molecule has 0 unspecified atom stereocenters. The first kappa shape index (κ1) is 16.8. The van der Waals surface area contributed by atoms with Gasteiger partial charge in [-0.15, -0.1) is 0 Å². The fourth-order valence-corrected chi connectivity index (χ4v) is 3.17. The van der Waals surface area contributed by atoms with E-state index in [1.165, 1.54) is 0 Å². The van der Waals surface area contributed by atoms with Crippen molar-refractivity contribution >= 4 is 32.8 Å². The summed E-state index contributed by atoms with van der Waals surface area (Å²) in [6.07, 6.45) is -0.750. The molecule has 0 aliphatic rings. The molecule has 0 saturated carbocycles. The maximum Gasteiger partial charge on any atom is 0.109 e. The molecule has 0 aliphatic carbocycles. The van der Waals surface area contributed by atoms with Crippen LogP contribution in [0, 0.1) is 0 Å². The summed E-state index contributed by atoms with van der Waals surface area (Å²) < 4.78 is 0. The number of nitrogens with one attached hydrogen (secondary N) is 1. The first-order valence-corrected chi connectivity index (χ1v) is 8.25. The summed E-state index contributed by atoms with van der Waals surface area (Å²) in [5.41, 5.74) is 2.97. The van der Waals surface area contributed by atoms with Gasteiger partial charge in [-0.1, -0.05) is 0 Å². The number of aromatic amines is 1. The normalized spacial score (nSPS) is 15.5. The predicted octanol–water partition coefficient (Wildman–Crippen LogP) is 0.277. The Kier molecular flexibility index (Phi) is 4.25. The summed E-state index contributed by atoms with van der Waals surface area (Å²) in [5, 5.41) is 40.1. The number of pyridine rings is 2. The van der Waals surface area contributed by atoms with E-state index >= 15 is 0 Å². The van der Waals surface area contributed by atoms with Gasteiger partial charge in [-0.05, 0) is 24.3 Å². The molecule has 0 spiro atoms. The molecule has 3 aromatic heterocycles. The maximum absolute atomic E-state index is 10.1. The average molecular weight is 354 g/mol. The molecule has 3 atom stereocenters. The third kappa shape index (κ3) is 2.69. The monoisotopic (exact) mass is 354 g/mol. The molecule has 5 N–H and O–H groups in total. The topological polar surface area (TPSA) is 135 Å². The molecule has 8 heteroatoms. The Morgan fingerprint density at radius 1 is 0.885 bits per heavy atom. The predicted molar refractivity (Wildman–Crippen MR) is 95.5 cm³/mol. The molecule has 4 aromatic rings. The van der Waals surface area contributed by atoms with Gasteiger partial charge in [0, 0.05) is 29.6 Å². The Morgan fingerprint density at radius 2 is 1.54 bits per heavy atom. The number of rotatable bonds is 5. The largest absolute Gasteiger partial charge is 0.394 e. The van der Waals surface area contributed by atoms with Crippen molar-refractivity contribution in [3.05, 3.63) is 42.5 Å². The maximum atomic E-state index is 10.1. The Hall–Kier alpha value is -2.65. The highest BCUT2D eigenvalue weighted by Gasteiger charge is 2.25. The van der Waals surface area contributed by atoms with Crippen molar-refractivity contribution in [1.29, 1.82) is 0 Å². The van der Waals surface area contributed by atoms with Crippen LogP contribution >= 0.6 is 0 Å². The summed E-state index contributed by atoms with van der Waals surface area (Å²) in [6, 6.07) is 7.47. The van der Waals surface area contributed by atoms with Crippen molar-refractivity contribution in [2.24, 2.45) is 0 Å². The molecule has 4 rings (SSSR count). The quantitative estimate of drug-likeness (QED) is 0.325. The molecule has 0 aliphatic heterocycles. The number of aromatic nitrogens is 4. The number of fused-ring (bicyclic) bond motifs is 6. The number of hydrogen-bond acceptors (Lipinski definition) is 7. The van der Waals surface area contributed by atoms with Gasteiger partial charge in [0.1, 0.15) is 18.0 Å². The Labute approximate surface area is 147 Å². The van der Waals surface area contributed by atoms with Crippen LogP contribution in [0.1, 0.15) is 5.82 Å². The van der Waals surface area contributed by atoms with Crippen molar-refractivity contribution in [3.8, 4) is 0 Å². The Balaban J connectivity index is 1.85. The highest BCUT2D eigenvalue weighted by molar-refractivity contribution is 6.20. The molecule has 0 fully saturated rings. The minimum Gasteiger partial charge on any atom is -0.394 e. The van der Waals surface area contributed by atoms with Crippen LogP contribution in [0.5, 0.6) is 0 Å². The van der Waals surface area contributed by atoms with Crippen LogP contribution < -0.4 is 0 Å². The second-order valence-electron chi connectivity index (χ2n) is 6.22. The van der Waals surface area contributed by atoms with Crippen molar-refractivity contribution in [2.45, 2.75) is 24.7 Å². The van der Waals surface area contributed by atoms with Crippen LogP contribution in [0.4, 0.5) is 0 Å². The summed E-state index contributed by atoms with van der Waals surface area (Å²) >= 11 is 0. The van der Waals surface area contributed by atoms with E-state index in [0.717, 1.165) is 27.3 Å². The Bertz CT molecular complexity index is 1010. The van der Waals surface area contributed by atoms with Gasteiger partial charge in [-0.2, -0.15) is 0 Å². The molecular weight excluding hydrogens is 336 g/mol. The zero-order chi connectivity index (χ0) is 18.3. The average Bonchev–Trinajstić information content (AvgIpc) is 3.11. The van der Waals surface area contributed by atoms with Crippen molar-refractivity contribution < 1.29 is 20.4 Å². The van der Waals surface area contributed by atoms with E-state index in [2.05, 4.69) is 19.9 Å². The number of nitrogens with zero attached hydrogens (tertiary/aromatic N) is 3. The minimum absolute atomic E-state index is 0.00355. The van der Waals surface area contributed by atoms with E-state index in [1.54, 1.807) is 12.4 Å². The molecule has 134 valence electrons. The lowest BCUT2D eigenvalue weighted by Gasteiger charge is -2.20. The minimum atomic E-state index is -1.47. The SMILES string of the molecule is OC[C@@H](O)[C@@H](O)[C@H](O)Cc1nc2c3cccnc3c3ncccc3c2[nH]1. The second-order valence-corrected chi connectivity index (χ2v) is 6.22.